The Hall–Kier alpha value is -0.700. The third-order valence-corrected chi connectivity index (χ3v) is 0.911. The Labute approximate surface area is 51.8 Å². The Morgan fingerprint density at radius 1 is 1.88 bits per heavy atom. The molecule has 0 bridgehead atoms. The third kappa shape index (κ3) is 0.924. The fraction of sp³-hybridized carbons (Fsp3) is 0.250. The van der Waals surface area contributed by atoms with E-state index in [0.29, 0.717) is 5.02 Å². The van der Waals surface area contributed by atoms with Crippen molar-refractivity contribution >= 4 is 11.6 Å². The molecule has 0 aromatic carbocycles. The van der Waals surface area contributed by atoms with Gasteiger partial charge in [-0.3, -0.25) is 0 Å². The van der Waals surface area contributed by atoms with E-state index in [-0.39, 0.29) is 0 Å². The molecule has 1 rings (SSSR count). The van der Waals surface area contributed by atoms with Crippen LogP contribution in [0.4, 0.5) is 0 Å². The molecule has 0 saturated heterocycles. The molecule has 3 nitrogen and oxygen atoms in total. The number of hydrogen-bond acceptors (Lipinski definition) is 2. The summed E-state index contributed by atoms with van der Waals surface area (Å²) in [4.78, 5) is 5.94. The van der Waals surface area contributed by atoms with Crippen molar-refractivity contribution in [2.45, 2.75) is 0 Å². The smallest absolute Gasteiger partial charge is 0.106 e. The molecule has 1 aromatic heterocycles. The molecule has 0 aliphatic rings. The van der Waals surface area contributed by atoms with Crippen molar-refractivity contribution < 1.29 is 4.84 Å². The quantitative estimate of drug-likeness (QED) is 0.560. The van der Waals surface area contributed by atoms with Gasteiger partial charge in [0.15, 0.2) is 0 Å². The highest BCUT2D eigenvalue weighted by Crippen LogP contribution is 2.02. The van der Waals surface area contributed by atoms with Crippen LogP contribution < -0.4 is 4.84 Å². The van der Waals surface area contributed by atoms with Crippen LogP contribution >= 0.6 is 11.6 Å². The van der Waals surface area contributed by atoms with E-state index in [0.717, 1.165) is 0 Å². The molecule has 0 radical (unpaired) electrons. The van der Waals surface area contributed by atoms with Gasteiger partial charge >= 0.3 is 0 Å². The highest BCUT2D eigenvalue weighted by Gasteiger charge is 1.89. The summed E-state index contributed by atoms with van der Waals surface area (Å²) in [6.07, 6.45) is 3.08. The topological polar surface area (TPSA) is 27.1 Å². The molecule has 0 saturated carbocycles. The first-order valence-corrected chi connectivity index (χ1v) is 2.45. The predicted octanol–water partition coefficient (Wildman–Crippen LogP) is 0.595. The summed E-state index contributed by atoms with van der Waals surface area (Å²) >= 11 is 5.48. The van der Waals surface area contributed by atoms with Gasteiger partial charge in [0, 0.05) is 0 Å². The van der Waals surface area contributed by atoms with Crippen LogP contribution in [-0.2, 0) is 0 Å². The fourth-order valence-corrected chi connectivity index (χ4v) is 0.511. The summed E-state index contributed by atoms with van der Waals surface area (Å²) in [5.41, 5.74) is 0. The van der Waals surface area contributed by atoms with E-state index in [2.05, 4.69) is 9.94 Å². The summed E-state index contributed by atoms with van der Waals surface area (Å²) in [5.74, 6) is 0. The summed E-state index contributed by atoms with van der Waals surface area (Å²) in [7, 11) is 1.52. The van der Waals surface area contributed by atoms with Gasteiger partial charge in [0.1, 0.15) is 7.11 Å². The number of nitrogens with zero attached hydrogens (tertiary/aromatic N) is 2. The number of rotatable bonds is 1. The average molecular weight is 133 g/mol. The molecular formula is C4H5ClN2O. The Morgan fingerprint density at radius 2 is 2.62 bits per heavy atom. The lowest BCUT2D eigenvalue weighted by Crippen LogP contribution is -2.04. The number of aromatic nitrogens is 2. The van der Waals surface area contributed by atoms with E-state index in [1.807, 2.05) is 0 Å². The maximum atomic E-state index is 5.48. The van der Waals surface area contributed by atoms with E-state index in [1.54, 1.807) is 6.20 Å². The van der Waals surface area contributed by atoms with Gasteiger partial charge in [-0.25, -0.2) is 0 Å². The largest absolute Gasteiger partial charge is 0.400 e. The van der Waals surface area contributed by atoms with Crippen molar-refractivity contribution in [3.63, 3.8) is 0 Å². The zero-order valence-corrected chi connectivity index (χ0v) is 5.09. The normalized spacial score (nSPS) is 9.25. The van der Waals surface area contributed by atoms with Crippen LogP contribution in [0.1, 0.15) is 0 Å². The second-order valence-electron chi connectivity index (χ2n) is 1.24. The summed E-state index contributed by atoms with van der Waals surface area (Å²) in [5, 5.41) is 4.27. The molecule has 1 heterocycles. The van der Waals surface area contributed by atoms with E-state index >= 15 is 0 Å². The van der Waals surface area contributed by atoms with Crippen LogP contribution in [0.15, 0.2) is 12.4 Å². The lowest BCUT2D eigenvalue weighted by atomic mass is 10.8. The molecule has 0 spiro atoms. The SMILES string of the molecule is COn1cc(Cl)cn1. The molecule has 0 atom stereocenters. The Morgan fingerprint density at radius 3 is 2.88 bits per heavy atom. The summed E-state index contributed by atoms with van der Waals surface area (Å²) in [6, 6.07) is 0. The van der Waals surface area contributed by atoms with Gasteiger partial charge in [-0.15, -0.1) is 9.94 Å². The summed E-state index contributed by atoms with van der Waals surface area (Å²) in [6.45, 7) is 0. The minimum absolute atomic E-state index is 0.576. The van der Waals surface area contributed by atoms with Crippen molar-refractivity contribution in [1.82, 2.24) is 9.94 Å². The molecule has 0 aliphatic heterocycles. The van der Waals surface area contributed by atoms with Gasteiger partial charge in [-0.1, -0.05) is 11.6 Å². The minimum Gasteiger partial charge on any atom is -0.400 e. The van der Waals surface area contributed by atoms with Crippen LogP contribution in [0.25, 0.3) is 0 Å². The Kier molecular flexibility index (Phi) is 1.39. The highest BCUT2D eigenvalue weighted by molar-refractivity contribution is 6.30. The predicted molar refractivity (Wildman–Crippen MR) is 29.7 cm³/mol. The standard InChI is InChI=1S/C4H5ClN2O/c1-8-7-3-4(5)2-6-7/h2-3H,1H3. The fourth-order valence-electron chi connectivity index (χ4n) is 0.384. The molecule has 0 aliphatic carbocycles. The molecule has 0 N–H and O–H groups in total. The van der Waals surface area contributed by atoms with Gasteiger partial charge in [0.05, 0.1) is 17.4 Å². The zero-order chi connectivity index (χ0) is 5.98. The van der Waals surface area contributed by atoms with E-state index in [4.69, 9.17) is 11.6 Å². The molecule has 0 unspecified atom stereocenters. The van der Waals surface area contributed by atoms with E-state index < -0.39 is 0 Å². The lowest BCUT2D eigenvalue weighted by Gasteiger charge is -1.91. The van der Waals surface area contributed by atoms with Crippen LogP contribution in [-0.4, -0.2) is 17.1 Å². The van der Waals surface area contributed by atoms with Gasteiger partial charge < -0.3 is 4.84 Å². The van der Waals surface area contributed by atoms with E-state index in [1.165, 1.54) is 18.2 Å². The van der Waals surface area contributed by atoms with Crippen molar-refractivity contribution in [1.29, 1.82) is 0 Å². The van der Waals surface area contributed by atoms with Gasteiger partial charge in [0.25, 0.3) is 0 Å². The second-order valence-corrected chi connectivity index (χ2v) is 1.68. The lowest BCUT2D eigenvalue weighted by molar-refractivity contribution is 0.134. The van der Waals surface area contributed by atoms with Gasteiger partial charge in [-0.2, -0.15) is 0 Å². The zero-order valence-electron chi connectivity index (χ0n) is 4.34. The second kappa shape index (κ2) is 2.05. The molecule has 1 aromatic rings. The number of hydrogen-bond donors (Lipinski definition) is 0. The van der Waals surface area contributed by atoms with Gasteiger partial charge in [0.2, 0.25) is 0 Å². The third-order valence-electron chi connectivity index (χ3n) is 0.716. The molecule has 4 heteroatoms. The molecule has 8 heavy (non-hydrogen) atoms. The van der Waals surface area contributed by atoms with Gasteiger partial charge in [-0.05, 0) is 0 Å². The molecule has 0 amide bonds. The van der Waals surface area contributed by atoms with Crippen molar-refractivity contribution in [2.24, 2.45) is 0 Å². The van der Waals surface area contributed by atoms with Crippen LogP contribution in [0.5, 0.6) is 0 Å². The Bertz CT molecular complexity index is 174. The van der Waals surface area contributed by atoms with Crippen LogP contribution in [0.3, 0.4) is 0 Å². The molecule has 0 fully saturated rings. The maximum Gasteiger partial charge on any atom is 0.106 e. The monoisotopic (exact) mass is 132 g/mol. The van der Waals surface area contributed by atoms with Crippen molar-refractivity contribution in [2.75, 3.05) is 7.11 Å². The first-order valence-electron chi connectivity index (χ1n) is 2.07. The maximum absolute atomic E-state index is 5.48. The highest BCUT2D eigenvalue weighted by atomic mass is 35.5. The Balaban J connectivity index is 2.84. The first kappa shape index (κ1) is 5.44. The van der Waals surface area contributed by atoms with Crippen molar-refractivity contribution in [3.8, 4) is 0 Å². The number of halogens is 1. The van der Waals surface area contributed by atoms with Crippen molar-refractivity contribution in [3.05, 3.63) is 17.4 Å². The minimum atomic E-state index is 0.576. The first-order chi connectivity index (χ1) is 3.83. The van der Waals surface area contributed by atoms with Crippen LogP contribution in [0.2, 0.25) is 5.02 Å². The average Bonchev–Trinajstić information content (AvgIpc) is 2.14. The molecular weight excluding hydrogens is 128 g/mol. The molecule has 44 valence electrons. The summed E-state index contributed by atoms with van der Waals surface area (Å²) < 4.78 is 0. The van der Waals surface area contributed by atoms with E-state index in [9.17, 15) is 0 Å². The van der Waals surface area contributed by atoms with Crippen LogP contribution in [0, 0.1) is 0 Å².